The second-order valence-corrected chi connectivity index (χ2v) is 6.04. The predicted molar refractivity (Wildman–Crippen MR) is 97.9 cm³/mol. The van der Waals surface area contributed by atoms with E-state index in [0.29, 0.717) is 5.69 Å². The van der Waals surface area contributed by atoms with Crippen LogP contribution in [0.1, 0.15) is 12.8 Å². The molecule has 0 aliphatic carbocycles. The van der Waals surface area contributed by atoms with Crippen LogP contribution in [0, 0.1) is 0 Å². The molecule has 0 bridgehead atoms. The third-order valence-electron chi connectivity index (χ3n) is 4.13. The van der Waals surface area contributed by atoms with Gasteiger partial charge in [0.25, 0.3) is 5.91 Å². The molecule has 0 radical (unpaired) electrons. The van der Waals surface area contributed by atoms with Crippen LogP contribution in [-0.4, -0.2) is 48.4 Å². The van der Waals surface area contributed by atoms with Gasteiger partial charge in [-0.05, 0) is 17.9 Å². The molecule has 1 aliphatic rings. The number of nitrogens with one attached hydrogen (secondary N) is 2. The lowest BCUT2D eigenvalue weighted by Crippen LogP contribution is -2.32. The Morgan fingerprint density at radius 2 is 1.89 bits per heavy atom. The molecule has 8 nitrogen and oxygen atoms in total. The molecule has 0 atom stereocenters. The first-order chi connectivity index (χ1) is 13.0. The highest BCUT2D eigenvalue weighted by molar-refractivity contribution is 6.03. The minimum absolute atomic E-state index is 0.0125. The number of amides is 4. The fourth-order valence-electron chi connectivity index (χ4n) is 2.80. The van der Waals surface area contributed by atoms with Crippen LogP contribution in [0.15, 0.2) is 42.5 Å². The number of benzene rings is 2. The van der Waals surface area contributed by atoms with Crippen molar-refractivity contribution in [3.8, 4) is 0 Å². The molecule has 0 saturated carbocycles. The minimum atomic E-state index is -0.560. The molecular weight excluding hydrogens is 350 g/mol. The monoisotopic (exact) mass is 369 g/mol. The molecule has 8 heteroatoms. The van der Waals surface area contributed by atoms with Crippen molar-refractivity contribution in [2.24, 2.45) is 0 Å². The molecule has 0 spiro atoms. The zero-order valence-electron chi connectivity index (χ0n) is 14.6. The zero-order chi connectivity index (χ0) is 19.2. The summed E-state index contributed by atoms with van der Waals surface area (Å²) < 4.78 is 4.95. The van der Waals surface area contributed by atoms with E-state index in [1.165, 1.54) is 0 Å². The molecule has 1 saturated heterocycles. The topological polar surface area (TPSA) is 105 Å². The van der Waals surface area contributed by atoms with Crippen LogP contribution in [0.5, 0.6) is 0 Å². The van der Waals surface area contributed by atoms with Crippen LogP contribution in [0.2, 0.25) is 0 Å². The number of urea groups is 1. The first-order valence-corrected chi connectivity index (χ1v) is 8.56. The molecule has 140 valence electrons. The van der Waals surface area contributed by atoms with Gasteiger partial charge in [-0.25, -0.2) is 4.79 Å². The fraction of sp³-hybridized carbons (Fsp3) is 0.263. The molecule has 3 rings (SSSR count). The van der Waals surface area contributed by atoms with Gasteiger partial charge in [0.05, 0.1) is 6.54 Å². The lowest BCUT2D eigenvalue weighted by molar-refractivity contribution is -0.147. The number of hydrogen-bond donors (Lipinski definition) is 2. The molecule has 0 aromatic heterocycles. The number of ether oxygens (including phenoxy) is 1. The minimum Gasteiger partial charge on any atom is -0.456 e. The van der Waals surface area contributed by atoms with Gasteiger partial charge in [-0.15, -0.1) is 0 Å². The predicted octanol–water partition coefficient (Wildman–Crippen LogP) is 1.65. The number of nitrogens with zero attached hydrogens (tertiary/aromatic N) is 1. The molecule has 2 aromatic carbocycles. The number of fused-ring (bicyclic) bond motifs is 1. The van der Waals surface area contributed by atoms with Crippen molar-refractivity contribution in [2.45, 2.75) is 12.8 Å². The molecule has 2 aromatic rings. The van der Waals surface area contributed by atoms with Crippen LogP contribution < -0.4 is 10.6 Å². The molecule has 27 heavy (non-hydrogen) atoms. The summed E-state index contributed by atoms with van der Waals surface area (Å²) in [4.78, 5) is 47.6. The van der Waals surface area contributed by atoms with Crippen molar-refractivity contribution < 1.29 is 23.9 Å². The van der Waals surface area contributed by atoms with Crippen LogP contribution in [-0.2, 0) is 19.1 Å². The average Bonchev–Trinajstić information content (AvgIpc) is 2.99. The first kappa shape index (κ1) is 18.4. The molecular formula is C19H19N3O5. The van der Waals surface area contributed by atoms with Crippen molar-refractivity contribution in [1.82, 2.24) is 10.2 Å². The second-order valence-electron chi connectivity index (χ2n) is 6.04. The Morgan fingerprint density at radius 1 is 1.11 bits per heavy atom. The van der Waals surface area contributed by atoms with Crippen molar-refractivity contribution in [3.05, 3.63) is 42.5 Å². The van der Waals surface area contributed by atoms with Crippen molar-refractivity contribution in [3.63, 3.8) is 0 Å². The number of esters is 1. The summed E-state index contributed by atoms with van der Waals surface area (Å²) >= 11 is 0. The summed E-state index contributed by atoms with van der Waals surface area (Å²) in [6.45, 7) is -0.273. The highest BCUT2D eigenvalue weighted by Crippen LogP contribution is 2.22. The van der Waals surface area contributed by atoms with E-state index in [9.17, 15) is 19.2 Å². The Hall–Kier alpha value is -3.42. The van der Waals surface area contributed by atoms with Crippen LogP contribution >= 0.6 is 0 Å². The van der Waals surface area contributed by atoms with E-state index >= 15 is 0 Å². The number of imide groups is 1. The number of anilines is 1. The van der Waals surface area contributed by atoms with E-state index in [0.717, 1.165) is 15.7 Å². The molecule has 1 aliphatic heterocycles. The summed E-state index contributed by atoms with van der Waals surface area (Å²) in [5.74, 6) is -1.31. The molecule has 1 heterocycles. The van der Waals surface area contributed by atoms with Gasteiger partial charge in [0.1, 0.15) is 0 Å². The lowest BCUT2D eigenvalue weighted by Gasteiger charge is -2.12. The molecule has 0 unspecified atom stereocenters. The number of carbonyl (C=O) groups is 4. The third kappa shape index (κ3) is 4.60. The van der Waals surface area contributed by atoms with E-state index in [1.807, 2.05) is 36.4 Å². The van der Waals surface area contributed by atoms with Crippen LogP contribution in [0.3, 0.4) is 0 Å². The van der Waals surface area contributed by atoms with E-state index < -0.39 is 24.5 Å². The van der Waals surface area contributed by atoms with E-state index in [-0.39, 0.29) is 31.8 Å². The normalized spacial score (nSPS) is 13.6. The van der Waals surface area contributed by atoms with Gasteiger partial charge in [-0.1, -0.05) is 36.4 Å². The Kier molecular flexibility index (Phi) is 5.65. The third-order valence-corrected chi connectivity index (χ3v) is 4.13. The number of hydrogen-bond acceptors (Lipinski definition) is 5. The zero-order valence-corrected chi connectivity index (χ0v) is 14.6. The second kappa shape index (κ2) is 8.31. The van der Waals surface area contributed by atoms with Gasteiger partial charge >= 0.3 is 12.0 Å². The molecule has 4 amide bonds. The van der Waals surface area contributed by atoms with Gasteiger partial charge in [0.15, 0.2) is 6.61 Å². The SMILES string of the molecule is O=C(COC(=O)CCCN1C(=O)CNC1=O)Nc1cccc2ccccc12. The van der Waals surface area contributed by atoms with Gasteiger partial charge in [-0.2, -0.15) is 0 Å². The standard InChI is InChI=1S/C19H19N3O5/c23-16(21-15-8-3-6-13-5-1-2-7-14(13)15)12-27-18(25)9-4-10-22-17(24)11-20-19(22)26/h1-3,5-8H,4,9-12H2,(H,20,26)(H,21,23). The average molecular weight is 369 g/mol. The largest absolute Gasteiger partial charge is 0.456 e. The summed E-state index contributed by atoms with van der Waals surface area (Å²) in [7, 11) is 0. The summed E-state index contributed by atoms with van der Waals surface area (Å²) in [6, 6.07) is 12.7. The maximum atomic E-state index is 12.0. The number of carbonyl (C=O) groups excluding carboxylic acids is 4. The summed E-state index contributed by atoms with van der Waals surface area (Å²) in [5, 5.41) is 7.02. The van der Waals surface area contributed by atoms with Crippen molar-refractivity contribution >= 4 is 40.3 Å². The smallest absolute Gasteiger partial charge is 0.324 e. The van der Waals surface area contributed by atoms with Crippen LogP contribution in [0.25, 0.3) is 10.8 Å². The van der Waals surface area contributed by atoms with E-state index in [1.54, 1.807) is 6.07 Å². The van der Waals surface area contributed by atoms with E-state index in [4.69, 9.17) is 4.74 Å². The Bertz CT molecular complexity index is 875. The Morgan fingerprint density at radius 3 is 2.67 bits per heavy atom. The molecule has 1 fully saturated rings. The Balaban J connectivity index is 1.43. The fourth-order valence-corrected chi connectivity index (χ4v) is 2.80. The van der Waals surface area contributed by atoms with Crippen molar-refractivity contribution in [1.29, 1.82) is 0 Å². The summed E-state index contributed by atoms with van der Waals surface area (Å²) in [6.07, 6.45) is 0.293. The number of rotatable bonds is 7. The highest BCUT2D eigenvalue weighted by atomic mass is 16.5. The van der Waals surface area contributed by atoms with Gasteiger partial charge < -0.3 is 15.4 Å². The van der Waals surface area contributed by atoms with Crippen LogP contribution in [0.4, 0.5) is 10.5 Å². The first-order valence-electron chi connectivity index (χ1n) is 8.56. The quantitative estimate of drug-likeness (QED) is 0.570. The van der Waals surface area contributed by atoms with E-state index in [2.05, 4.69) is 10.6 Å². The van der Waals surface area contributed by atoms with Gasteiger partial charge in [-0.3, -0.25) is 19.3 Å². The highest BCUT2D eigenvalue weighted by Gasteiger charge is 2.27. The van der Waals surface area contributed by atoms with Crippen molar-refractivity contribution in [2.75, 3.05) is 25.0 Å². The van der Waals surface area contributed by atoms with Gasteiger partial charge in [0, 0.05) is 24.0 Å². The lowest BCUT2D eigenvalue weighted by atomic mass is 10.1. The summed E-state index contributed by atoms with van der Waals surface area (Å²) in [5.41, 5.74) is 0.646. The Labute approximate surface area is 155 Å². The van der Waals surface area contributed by atoms with Gasteiger partial charge in [0.2, 0.25) is 5.91 Å². The maximum Gasteiger partial charge on any atom is 0.324 e. The molecule has 2 N–H and O–H groups in total. The maximum absolute atomic E-state index is 12.0.